The smallest absolute Gasteiger partial charge is 0.167 e. The van der Waals surface area contributed by atoms with Gasteiger partial charge in [-0.1, -0.05) is 30.3 Å². The van der Waals surface area contributed by atoms with E-state index in [1.165, 1.54) is 21.7 Å². The number of rotatable bonds is 3. The van der Waals surface area contributed by atoms with Crippen LogP contribution in [0, 0.1) is 0 Å². The normalized spacial score (nSPS) is 10.4. The van der Waals surface area contributed by atoms with Crippen molar-refractivity contribution in [2.45, 2.75) is 4.90 Å². The summed E-state index contributed by atoms with van der Waals surface area (Å²) in [6.07, 6.45) is 6.32. The van der Waals surface area contributed by atoms with Crippen LogP contribution in [0.15, 0.2) is 84.0 Å². The fourth-order valence-electron chi connectivity index (χ4n) is 2.19. The van der Waals surface area contributed by atoms with Gasteiger partial charge in [0.1, 0.15) is 0 Å². The summed E-state index contributed by atoms with van der Waals surface area (Å²) in [5.41, 5.74) is 3.68. The maximum Gasteiger partial charge on any atom is 0.210 e. The predicted molar refractivity (Wildman–Crippen MR) is 85.2 cm³/mol. The number of aromatic nitrogens is 1. The van der Waals surface area contributed by atoms with Crippen LogP contribution in [0.2, 0.25) is 0 Å². The van der Waals surface area contributed by atoms with Gasteiger partial charge in [-0.05, 0) is 29.5 Å². The molecule has 0 amide bonds. The molecule has 0 spiro atoms. The van der Waals surface area contributed by atoms with Crippen LogP contribution in [0.25, 0.3) is 16.8 Å². The van der Waals surface area contributed by atoms with E-state index in [1.807, 2.05) is 6.07 Å². The Kier molecular flexibility index (Phi) is 3.84. The van der Waals surface area contributed by atoms with E-state index in [0.717, 1.165) is 0 Å². The Morgan fingerprint density at radius 1 is 0.750 bits per heavy atom. The Labute approximate surface area is 123 Å². The maximum absolute atomic E-state index is 2.23. The van der Waals surface area contributed by atoms with Crippen LogP contribution in [0.4, 0.5) is 0 Å². The summed E-state index contributed by atoms with van der Waals surface area (Å²) in [5.74, 6) is 0. The zero-order valence-corrected chi connectivity index (χ0v) is 12.2. The van der Waals surface area contributed by atoms with Crippen LogP contribution in [-0.2, 0) is 0 Å². The minimum Gasteiger partial charge on any atom is -0.167 e. The van der Waals surface area contributed by atoms with Gasteiger partial charge >= 0.3 is 0 Å². The van der Waals surface area contributed by atoms with Gasteiger partial charge in [0, 0.05) is 29.2 Å². The lowest BCUT2D eigenvalue weighted by Gasteiger charge is -2.03. The van der Waals surface area contributed by atoms with Crippen molar-refractivity contribution in [2.24, 2.45) is 0 Å². The van der Waals surface area contributed by atoms with Gasteiger partial charge < -0.3 is 0 Å². The highest BCUT2D eigenvalue weighted by atomic mass is 32.2. The summed E-state index contributed by atoms with van der Waals surface area (Å²) >= 11 is 1.77. The van der Waals surface area contributed by atoms with E-state index >= 15 is 0 Å². The minimum atomic E-state index is 1.18. The summed E-state index contributed by atoms with van der Waals surface area (Å²) in [4.78, 5) is 1.29. The lowest BCUT2D eigenvalue weighted by molar-refractivity contribution is -0.595. The van der Waals surface area contributed by atoms with Gasteiger partial charge in [0.05, 0.1) is 0 Å². The third-order valence-corrected chi connectivity index (χ3v) is 4.01. The third kappa shape index (κ3) is 2.75. The second-order valence-electron chi connectivity index (χ2n) is 4.56. The molecule has 2 heteroatoms. The molecule has 3 rings (SSSR count). The number of hydrogen-bond acceptors (Lipinski definition) is 1. The average molecular weight is 278 g/mol. The lowest BCUT2D eigenvalue weighted by atomic mass is 10.1. The number of thioether (sulfide) groups is 1. The molecule has 20 heavy (non-hydrogen) atoms. The number of nitrogens with zero attached hydrogens (tertiary/aromatic N) is 1. The fraction of sp³-hybridized carbons (Fsp3) is 0.0556. The highest BCUT2D eigenvalue weighted by Crippen LogP contribution is 2.23. The standard InChI is InChI=1S/C18H16NS/c1-20-18-9-5-6-16(14-18)15-10-12-19(13-11-15)17-7-3-2-4-8-17/h2-14H,1H3/q+1. The van der Waals surface area contributed by atoms with Crippen molar-refractivity contribution in [2.75, 3.05) is 6.26 Å². The van der Waals surface area contributed by atoms with E-state index in [1.54, 1.807) is 11.8 Å². The second kappa shape index (κ2) is 5.93. The van der Waals surface area contributed by atoms with Crippen LogP contribution >= 0.6 is 11.8 Å². The summed E-state index contributed by atoms with van der Waals surface area (Å²) in [7, 11) is 0. The topological polar surface area (TPSA) is 3.88 Å². The van der Waals surface area contributed by atoms with Gasteiger partial charge in [0.2, 0.25) is 5.69 Å². The van der Waals surface area contributed by atoms with E-state index in [4.69, 9.17) is 0 Å². The predicted octanol–water partition coefficient (Wildman–Crippen LogP) is 4.35. The number of para-hydroxylation sites is 1. The Bertz CT molecular complexity index is 690. The maximum atomic E-state index is 2.23. The lowest BCUT2D eigenvalue weighted by Crippen LogP contribution is -2.28. The molecule has 0 radical (unpaired) electrons. The highest BCUT2D eigenvalue weighted by Gasteiger charge is 2.05. The first-order valence-corrected chi connectivity index (χ1v) is 7.80. The molecule has 3 aromatic rings. The minimum absolute atomic E-state index is 1.18. The Balaban J connectivity index is 1.93. The summed E-state index contributed by atoms with van der Waals surface area (Å²) in [6, 6.07) is 23.3. The quantitative estimate of drug-likeness (QED) is 0.509. The van der Waals surface area contributed by atoms with Crippen LogP contribution < -0.4 is 4.57 Å². The molecule has 0 N–H and O–H groups in total. The summed E-state index contributed by atoms with van der Waals surface area (Å²) < 4.78 is 2.13. The molecule has 0 aliphatic rings. The zero-order chi connectivity index (χ0) is 13.8. The molecule has 0 aliphatic heterocycles. The molecule has 0 aliphatic carbocycles. The molecule has 0 atom stereocenters. The van der Waals surface area contributed by atoms with Gasteiger partial charge in [-0.2, -0.15) is 4.57 Å². The molecule has 98 valence electrons. The largest absolute Gasteiger partial charge is 0.210 e. The molecule has 1 nitrogen and oxygen atoms in total. The SMILES string of the molecule is CSc1cccc(-c2cc[n+](-c3ccccc3)cc2)c1. The van der Waals surface area contributed by atoms with Crippen molar-refractivity contribution in [3.63, 3.8) is 0 Å². The van der Waals surface area contributed by atoms with Crippen molar-refractivity contribution < 1.29 is 4.57 Å². The molecule has 0 unspecified atom stereocenters. The van der Waals surface area contributed by atoms with E-state index in [2.05, 4.69) is 83.9 Å². The van der Waals surface area contributed by atoms with E-state index in [9.17, 15) is 0 Å². The van der Waals surface area contributed by atoms with Crippen molar-refractivity contribution in [3.05, 3.63) is 79.1 Å². The first kappa shape index (κ1) is 12.9. The first-order chi connectivity index (χ1) is 9.86. The van der Waals surface area contributed by atoms with Crippen molar-refractivity contribution in [3.8, 4) is 16.8 Å². The Morgan fingerprint density at radius 3 is 2.20 bits per heavy atom. The van der Waals surface area contributed by atoms with Crippen LogP contribution in [0.5, 0.6) is 0 Å². The van der Waals surface area contributed by atoms with Gasteiger partial charge in [-0.3, -0.25) is 0 Å². The third-order valence-electron chi connectivity index (χ3n) is 3.29. The summed E-state index contributed by atoms with van der Waals surface area (Å²) in [5, 5.41) is 0. The van der Waals surface area contributed by atoms with Crippen molar-refractivity contribution >= 4 is 11.8 Å². The van der Waals surface area contributed by atoms with Gasteiger partial charge in [-0.15, -0.1) is 11.8 Å². The van der Waals surface area contributed by atoms with Crippen LogP contribution in [0.1, 0.15) is 0 Å². The van der Waals surface area contributed by atoms with E-state index < -0.39 is 0 Å². The number of hydrogen-bond donors (Lipinski definition) is 0. The second-order valence-corrected chi connectivity index (χ2v) is 5.44. The Hall–Kier alpha value is -2.06. The molecule has 1 aromatic heterocycles. The molecular weight excluding hydrogens is 262 g/mol. The molecule has 0 bridgehead atoms. The number of pyridine rings is 1. The molecular formula is C18H16NS+. The van der Waals surface area contributed by atoms with Crippen molar-refractivity contribution in [1.82, 2.24) is 0 Å². The monoisotopic (exact) mass is 278 g/mol. The molecule has 1 heterocycles. The van der Waals surface area contributed by atoms with Crippen molar-refractivity contribution in [1.29, 1.82) is 0 Å². The molecule has 2 aromatic carbocycles. The molecule has 0 saturated carbocycles. The average Bonchev–Trinajstić information content (AvgIpc) is 2.56. The summed E-state index contributed by atoms with van der Waals surface area (Å²) in [6.45, 7) is 0. The van der Waals surface area contributed by atoms with E-state index in [0.29, 0.717) is 0 Å². The fourth-order valence-corrected chi connectivity index (χ4v) is 2.65. The van der Waals surface area contributed by atoms with Gasteiger partial charge in [0.25, 0.3) is 0 Å². The highest BCUT2D eigenvalue weighted by molar-refractivity contribution is 7.98. The van der Waals surface area contributed by atoms with Gasteiger partial charge in [-0.25, -0.2) is 0 Å². The van der Waals surface area contributed by atoms with Gasteiger partial charge in [0.15, 0.2) is 12.4 Å². The Morgan fingerprint density at radius 2 is 1.50 bits per heavy atom. The van der Waals surface area contributed by atoms with Crippen LogP contribution in [-0.4, -0.2) is 6.26 Å². The van der Waals surface area contributed by atoms with E-state index in [-0.39, 0.29) is 0 Å². The zero-order valence-electron chi connectivity index (χ0n) is 11.4. The van der Waals surface area contributed by atoms with Crippen LogP contribution in [0.3, 0.4) is 0 Å². The molecule has 0 fully saturated rings. The first-order valence-electron chi connectivity index (χ1n) is 6.58. The number of benzene rings is 2. The molecule has 0 saturated heterocycles.